The van der Waals surface area contributed by atoms with Gasteiger partial charge in [0.1, 0.15) is 15.7 Å². The second-order valence-corrected chi connectivity index (χ2v) is 7.88. The standard InChI is InChI=1S/C19H15N3O3S2/c1-10(2)24-16-4-3-11(8-21-16)14-9-20-7-12-5-13(25-17(12)14)6-15-18(23)22-19(26)27-15/h3-10H,1-2H3,(H,22,23,26)/b15-6-. The number of hydrogen-bond acceptors (Lipinski definition) is 7. The van der Waals surface area contributed by atoms with Crippen molar-refractivity contribution in [3.63, 3.8) is 0 Å². The van der Waals surface area contributed by atoms with E-state index in [1.54, 1.807) is 24.7 Å². The van der Waals surface area contributed by atoms with Gasteiger partial charge < -0.3 is 14.5 Å². The van der Waals surface area contributed by atoms with Crippen molar-refractivity contribution in [1.82, 2.24) is 15.3 Å². The molecule has 1 aliphatic rings. The molecule has 8 heteroatoms. The molecule has 136 valence electrons. The third-order valence-corrected chi connectivity index (χ3v) is 4.92. The zero-order valence-electron chi connectivity index (χ0n) is 14.6. The van der Waals surface area contributed by atoms with Gasteiger partial charge in [0.05, 0.1) is 11.0 Å². The molecule has 1 amide bonds. The molecular formula is C19H15N3O3S2. The largest absolute Gasteiger partial charge is 0.475 e. The number of aromatic nitrogens is 2. The zero-order valence-corrected chi connectivity index (χ0v) is 16.2. The van der Waals surface area contributed by atoms with E-state index < -0.39 is 0 Å². The Morgan fingerprint density at radius 1 is 1.30 bits per heavy atom. The van der Waals surface area contributed by atoms with Crippen LogP contribution >= 0.6 is 24.0 Å². The third kappa shape index (κ3) is 3.72. The van der Waals surface area contributed by atoms with Gasteiger partial charge in [0.15, 0.2) is 0 Å². The number of hydrogen-bond donors (Lipinski definition) is 1. The van der Waals surface area contributed by atoms with Gasteiger partial charge >= 0.3 is 0 Å². The molecule has 3 aromatic heterocycles. The fraction of sp³-hybridized carbons (Fsp3) is 0.158. The first-order chi connectivity index (χ1) is 13.0. The lowest BCUT2D eigenvalue weighted by molar-refractivity contribution is -0.115. The summed E-state index contributed by atoms with van der Waals surface area (Å²) < 4.78 is 12.0. The van der Waals surface area contributed by atoms with Crippen molar-refractivity contribution in [3.8, 4) is 17.0 Å². The lowest BCUT2D eigenvalue weighted by Gasteiger charge is -2.09. The maximum absolute atomic E-state index is 11.8. The topological polar surface area (TPSA) is 77.2 Å². The van der Waals surface area contributed by atoms with Gasteiger partial charge in [-0.3, -0.25) is 9.78 Å². The van der Waals surface area contributed by atoms with E-state index in [9.17, 15) is 4.79 Å². The van der Waals surface area contributed by atoms with Gasteiger partial charge in [0.25, 0.3) is 5.91 Å². The van der Waals surface area contributed by atoms with Crippen LogP contribution in [0.25, 0.3) is 28.2 Å². The Labute approximate surface area is 165 Å². The first-order valence-electron chi connectivity index (χ1n) is 8.25. The van der Waals surface area contributed by atoms with E-state index in [0.29, 0.717) is 26.4 Å². The Hall–Kier alpha value is -2.71. The molecule has 1 fully saturated rings. The molecule has 4 heterocycles. The van der Waals surface area contributed by atoms with Crippen molar-refractivity contribution >= 4 is 51.3 Å². The molecule has 0 aliphatic carbocycles. The van der Waals surface area contributed by atoms with Crippen molar-refractivity contribution < 1.29 is 13.9 Å². The highest BCUT2D eigenvalue weighted by atomic mass is 32.2. The van der Waals surface area contributed by atoms with Gasteiger partial charge in [0, 0.05) is 47.2 Å². The summed E-state index contributed by atoms with van der Waals surface area (Å²) in [6, 6.07) is 5.58. The summed E-state index contributed by atoms with van der Waals surface area (Å²) in [5.74, 6) is 0.919. The summed E-state index contributed by atoms with van der Waals surface area (Å²) >= 11 is 6.22. The lowest BCUT2D eigenvalue weighted by atomic mass is 10.1. The highest BCUT2D eigenvalue weighted by Gasteiger charge is 2.23. The van der Waals surface area contributed by atoms with E-state index >= 15 is 0 Å². The van der Waals surface area contributed by atoms with Crippen LogP contribution in [0.4, 0.5) is 0 Å². The maximum Gasteiger partial charge on any atom is 0.263 e. The van der Waals surface area contributed by atoms with Gasteiger partial charge in [-0.15, -0.1) is 0 Å². The average molecular weight is 397 g/mol. The molecule has 0 radical (unpaired) electrons. The van der Waals surface area contributed by atoms with E-state index in [1.807, 2.05) is 32.0 Å². The SMILES string of the molecule is CC(C)Oc1ccc(-c2cncc3cc(/C=C4\SC(=S)NC4=O)oc23)cn1. The number of pyridine rings is 2. The number of carbonyl (C=O) groups is 1. The number of ether oxygens (including phenoxy) is 1. The van der Waals surface area contributed by atoms with Gasteiger partial charge in [-0.2, -0.15) is 0 Å². The van der Waals surface area contributed by atoms with Crippen LogP contribution in [0.5, 0.6) is 5.88 Å². The van der Waals surface area contributed by atoms with Crippen LogP contribution in [0.3, 0.4) is 0 Å². The Morgan fingerprint density at radius 3 is 2.81 bits per heavy atom. The summed E-state index contributed by atoms with van der Waals surface area (Å²) in [6.07, 6.45) is 6.93. The normalized spacial score (nSPS) is 15.7. The Bertz CT molecular complexity index is 1070. The van der Waals surface area contributed by atoms with E-state index in [0.717, 1.165) is 16.5 Å². The highest BCUT2D eigenvalue weighted by Crippen LogP contribution is 2.33. The minimum Gasteiger partial charge on any atom is -0.475 e. The number of amides is 1. The van der Waals surface area contributed by atoms with Crippen molar-refractivity contribution in [2.45, 2.75) is 20.0 Å². The first kappa shape index (κ1) is 17.7. The highest BCUT2D eigenvalue weighted by molar-refractivity contribution is 8.26. The molecule has 0 aromatic carbocycles. The number of fused-ring (bicyclic) bond motifs is 1. The van der Waals surface area contributed by atoms with Gasteiger partial charge in [-0.1, -0.05) is 24.0 Å². The fourth-order valence-electron chi connectivity index (χ4n) is 2.66. The number of carbonyl (C=O) groups excluding carboxylic acids is 1. The molecule has 6 nitrogen and oxygen atoms in total. The Morgan fingerprint density at radius 2 is 2.15 bits per heavy atom. The molecule has 0 spiro atoms. The number of rotatable bonds is 4. The maximum atomic E-state index is 11.8. The van der Waals surface area contributed by atoms with Gasteiger partial charge in [-0.05, 0) is 26.0 Å². The molecule has 1 aliphatic heterocycles. The molecule has 1 N–H and O–H groups in total. The van der Waals surface area contributed by atoms with E-state index in [1.165, 1.54) is 11.8 Å². The lowest BCUT2D eigenvalue weighted by Crippen LogP contribution is -2.17. The number of thiocarbonyl (C=S) groups is 1. The van der Waals surface area contributed by atoms with Crippen molar-refractivity contribution in [1.29, 1.82) is 0 Å². The summed E-state index contributed by atoms with van der Waals surface area (Å²) in [5.41, 5.74) is 2.37. The minimum atomic E-state index is -0.214. The van der Waals surface area contributed by atoms with Crippen molar-refractivity contribution in [3.05, 3.63) is 47.5 Å². The van der Waals surface area contributed by atoms with E-state index in [2.05, 4.69) is 15.3 Å². The molecule has 0 unspecified atom stereocenters. The zero-order chi connectivity index (χ0) is 19.0. The molecule has 0 saturated carbocycles. The number of furan rings is 1. The molecule has 0 atom stereocenters. The molecule has 0 bridgehead atoms. The van der Waals surface area contributed by atoms with Gasteiger partial charge in [0.2, 0.25) is 5.88 Å². The second-order valence-electron chi connectivity index (χ2n) is 6.16. The van der Waals surface area contributed by atoms with Crippen LogP contribution in [0.2, 0.25) is 0 Å². The van der Waals surface area contributed by atoms with Crippen molar-refractivity contribution in [2.24, 2.45) is 0 Å². The average Bonchev–Trinajstić information content (AvgIpc) is 3.17. The van der Waals surface area contributed by atoms with Crippen LogP contribution in [0, 0.1) is 0 Å². The summed E-state index contributed by atoms with van der Waals surface area (Å²) in [5, 5.41) is 3.43. The monoisotopic (exact) mass is 397 g/mol. The quantitative estimate of drug-likeness (QED) is 0.523. The molecule has 1 saturated heterocycles. The smallest absolute Gasteiger partial charge is 0.263 e. The van der Waals surface area contributed by atoms with Crippen LogP contribution in [-0.2, 0) is 4.79 Å². The summed E-state index contributed by atoms with van der Waals surface area (Å²) in [6.45, 7) is 3.91. The summed E-state index contributed by atoms with van der Waals surface area (Å²) in [7, 11) is 0. The molecule has 4 rings (SSSR count). The van der Waals surface area contributed by atoms with Crippen LogP contribution in [0.1, 0.15) is 19.6 Å². The Kier molecular flexibility index (Phi) is 4.67. The first-order valence-corrected chi connectivity index (χ1v) is 9.47. The van der Waals surface area contributed by atoms with Crippen LogP contribution in [0.15, 0.2) is 46.1 Å². The third-order valence-electron chi connectivity index (χ3n) is 3.76. The second kappa shape index (κ2) is 7.13. The van der Waals surface area contributed by atoms with E-state index in [-0.39, 0.29) is 12.0 Å². The molecule has 3 aromatic rings. The van der Waals surface area contributed by atoms with Gasteiger partial charge in [-0.25, -0.2) is 4.98 Å². The molecule has 27 heavy (non-hydrogen) atoms. The summed E-state index contributed by atoms with van der Waals surface area (Å²) in [4.78, 5) is 21.0. The van der Waals surface area contributed by atoms with Crippen LogP contribution in [-0.4, -0.2) is 26.3 Å². The predicted octanol–water partition coefficient (Wildman–Crippen LogP) is 4.17. The number of thioether (sulfide) groups is 1. The number of nitrogens with one attached hydrogen (secondary N) is 1. The molecular weight excluding hydrogens is 382 g/mol. The fourth-order valence-corrected chi connectivity index (χ4v) is 3.68. The van der Waals surface area contributed by atoms with E-state index in [4.69, 9.17) is 21.4 Å². The number of nitrogens with zero attached hydrogens (tertiary/aromatic N) is 2. The predicted molar refractivity (Wildman–Crippen MR) is 109 cm³/mol. The Balaban J connectivity index is 1.70. The van der Waals surface area contributed by atoms with Crippen molar-refractivity contribution in [2.75, 3.05) is 0 Å². The van der Waals surface area contributed by atoms with Crippen LogP contribution < -0.4 is 10.1 Å². The minimum absolute atomic E-state index is 0.0626.